The first kappa shape index (κ1) is 28.9. The molecule has 3 amide bonds. The molecular weight excluding hydrogens is 514 g/mol. The van der Waals surface area contributed by atoms with E-state index in [-0.39, 0.29) is 43.3 Å². The number of anilines is 1. The van der Waals surface area contributed by atoms with E-state index in [9.17, 15) is 23.2 Å². The fraction of sp³-hybridized carbons (Fsp3) is 0.355. The van der Waals surface area contributed by atoms with Gasteiger partial charge in [0.1, 0.15) is 23.5 Å². The summed E-state index contributed by atoms with van der Waals surface area (Å²) in [4.78, 5) is 45.2. The highest BCUT2D eigenvalue weighted by molar-refractivity contribution is 5.91. The molecular formula is C31H34F2N4O3. The van der Waals surface area contributed by atoms with Crippen molar-refractivity contribution in [2.24, 2.45) is 0 Å². The molecule has 1 aromatic heterocycles. The fourth-order valence-electron chi connectivity index (χ4n) is 4.96. The lowest BCUT2D eigenvalue weighted by Gasteiger charge is -2.33. The van der Waals surface area contributed by atoms with Gasteiger partial charge in [0.05, 0.1) is 0 Å². The number of halogens is 2. The number of hydrogen-bond donors (Lipinski definition) is 2. The Kier molecular flexibility index (Phi) is 10.3. The molecule has 40 heavy (non-hydrogen) atoms. The zero-order chi connectivity index (χ0) is 28.3. The summed E-state index contributed by atoms with van der Waals surface area (Å²) in [6.45, 7) is -0.161. The van der Waals surface area contributed by atoms with Crippen molar-refractivity contribution in [3.8, 4) is 0 Å². The van der Waals surface area contributed by atoms with Crippen LogP contribution >= 0.6 is 0 Å². The van der Waals surface area contributed by atoms with Gasteiger partial charge in [0.15, 0.2) is 0 Å². The molecule has 1 unspecified atom stereocenters. The third-order valence-electron chi connectivity index (χ3n) is 7.04. The van der Waals surface area contributed by atoms with E-state index in [4.69, 9.17) is 0 Å². The molecule has 0 radical (unpaired) electrons. The second-order valence-corrected chi connectivity index (χ2v) is 10.0. The van der Waals surface area contributed by atoms with Crippen LogP contribution in [0.2, 0.25) is 0 Å². The van der Waals surface area contributed by atoms with Crippen LogP contribution in [-0.4, -0.2) is 33.6 Å². The van der Waals surface area contributed by atoms with Crippen LogP contribution in [0.3, 0.4) is 0 Å². The van der Waals surface area contributed by atoms with E-state index >= 15 is 0 Å². The number of benzene rings is 2. The largest absolute Gasteiger partial charge is 0.351 e. The van der Waals surface area contributed by atoms with Crippen LogP contribution in [-0.2, 0) is 20.9 Å². The first-order chi connectivity index (χ1) is 19.4. The number of carbonyl (C=O) groups excluding carboxylic acids is 3. The predicted octanol–water partition coefficient (Wildman–Crippen LogP) is 5.69. The molecule has 1 aliphatic carbocycles. The van der Waals surface area contributed by atoms with Gasteiger partial charge in [-0.05, 0) is 55.2 Å². The SMILES string of the molecule is O=C(CCCC(=O)N(Cc1ccccc1F)C(C(=O)NC1CCCCC1)c1ccc(F)cc1)Nc1ccccn1. The third-order valence-corrected chi connectivity index (χ3v) is 7.04. The molecule has 2 aromatic carbocycles. The zero-order valence-electron chi connectivity index (χ0n) is 22.3. The van der Waals surface area contributed by atoms with Crippen LogP contribution in [0.4, 0.5) is 14.6 Å². The van der Waals surface area contributed by atoms with Gasteiger partial charge < -0.3 is 15.5 Å². The van der Waals surface area contributed by atoms with Crippen molar-refractivity contribution in [2.75, 3.05) is 5.32 Å². The zero-order valence-corrected chi connectivity index (χ0v) is 22.3. The quantitative estimate of drug-likeness (QED) is 0.322. The lowest BCUT2D eigenvalue weighted by atomic mass is 9.94. The smallest absolute Gasteiger partial charge is 0.247 e. The minimum atomic E-state index is -1.10. The summed E-state index contributed by atoms with van der Waals surface area (Å²) in [6.07, 6.45) is 6.60. The Morgan fingerprint density at radius 1 is 0.900 bits per heavy atom. The lowest BCUT2D eigenvalue weighted by Crippen LogP contribution is -2.47. The highest BCUT2D eigenvalue weighted by atomic mass is 19.1. The first-order valence-electron chi connectivity index (χ1n) is 13.7. The Labute approximate surface area is 233 Å². The van der Waals surface area contributed by atoms with E-state index in [1.807, 2.05) is 0 Å². The van der Waals surface area contributed by atoms with E-state index in [0.717, 1.165) is 32.1 Å². The Morgan fingerprint density at radius 2 is 1.62 bits per heavy atom. The number of rotatable bonds is 11. The van der Waals surface area contributed by atoms with Gasteiger partial charge in [-0.25, -0.2) is 13.8 Å². The molecule has 0 spiro atoms. The van der Waals surface area contributed by atoms with Gasteiger partial charge in [-0.15, -0.1) is 0 Å². The van der Waals surface area contributed by atoms with E-state index in [0.29, 0.717) is 11.4 Å². The Hall–Kier alpha value is -4.14. The molecule has 1 atom stereocenters. The van der Waals surface area contributed by atoms with Gasteiger partial charge in [0.25, 0.3) is 0 Å². The number of amides is 3. The van der Waals surface area contributed by atoms with Crippen LogP contribution in [0.1, 0.15) is 68.5 Å². The maximum atomic E-state index is 14.7. The van der Waals surface area contributed by atoms with Crippen molar-refractivity contribution in [3.05, 3.63) is 95.7 Å². The van der Waals surface area contributed by atoms with E-state index < -0.39 is 29.5 Å². The number of pyridine rings is 1. The highest BCUT2D eigenvalue weighted by Gasteiger charge is 2.33. The molecule has 9 heteroatoms. The highest BCUT2D eigenvalue weighted by Crippen LogP contribution is 2.28. The van der Waals surface area contributed by atoms with Crippen molar-refractivity contribution in [1.82, 2.24) is 15.2 Å². The molecule has 0 aliphatic heterocycles. The maximum Gasteiger partial charge on any atom is 0.247 e. The standard InChI is InChI=1S/C31H34F2N4O3/c32-24-18-16-22(17-19-24)30(31(40)35-25-10-2-1-3-11-25)37(21-23-9-4-5-12-26(23)33)29(39)15-8-14-28(38)36-27-13-6-7-20-34-27/h4-7,9,12-13,16-20,25,30H,1-3,8,10-11,14-15,21H2,(H,35,40)(H,34,36,38). The van der Waals surface area contributed by atoms with Gasteiger partial charge in [-0.1, -0.05) is 55.7 Å². The minimum Gasteiger partial charge on any atom is -0.351 e. The van der Waals surface area contributed by atoms with Gasteiger partial charge >= 0.3 is 0 Å². The Balaban J connectivity index is 1.55. The van der Waals surface area contributed by atoms with Gasteiger partial charge in [0.2, 0.25) is 17.7 Å². The normalized spacial score (nSPS) is 14.2. The van der Waals surface area contributed by atoms with Gasteiger partial charge in [-0.2, -0.15) is 0 Å². The third kappa shape index (κ3) is 8.18. The summed E-state index contributed by atoms with van der Waals surface area (Å²) in [5.41, 5.74) is 0.675. The van der Waals surface area contributed by atoms with Gasteiger partial charge in [-0.3, -0.25) is 14.4 Å². The number of aromatic nitrogens is 1. The number of nitrogens with zero attached hydrogens (tertiary/aromatic N) is 2. The molecule has 210 valence electrons. The molecule has 1 aliphatic rings. The number of nitrogens with one attached hydrogen (secondary N) is 2. The average molecular weight is 549 g/mol. The van der Waals surface area contributed by atoms with Crippen LogP contribution in [0.15, 0.2) is 72.9 Å². The topological polar surface area (TPSA) is 91.4 Å². The molecule has 0 saturated heterocycles. The van der Waals surface area contributed by atoms with Crippen molar-refractivity contribution >= 4 is 23.5 Å². The van der Waals surface area contributed by atoms with Crippen molar-refractivity contribution in [1.29, 1.82) is 0 Å². The molecule has 1 saturated carbocycles. The molecule has 4 rings (SSSR count). The fourth-order valence-corrected chi connectivity index (χ4v) is 4.96. The van der Waals surface area contributed by atoms with Gasteiger partial charge in [0, 0.05) is 37.2 Å². The lowest BCUT2D eigenvalue weighted by molar-refractivity contribution is -0.142. The van der Waals surface area contributed by atoms with E-state index in [1.54, 1.807) is 42.6 Å². The van der Waals surface area contributed by atoms with E-state index in [2.05, 4.69) is 15.6 Å². The first-order valence-corrected chi connectivity index (χ1v) is 13.7. The average Bonchev–Trinajstić information content (AvgIpc) is 2.95. The number of carbonyl (C=O) groups is 3. The summed E-state index contributed by atoms with van der Waals surface area (Å²) in [7, 11) is 0. The molecule has 0 bridgehead atoms. The summed E-state index contributed by atoms with van der Waals surface area (Å²) in [6, 6.07) is 15.5. The van der Waals surface area contributed by atoms with Crippen LogP contribution in [0.25, 0.3) is 0 Å². The predicted molar refractivity (Wildman–Crippen MR) is 148 cm³/mol. The monoisotopic (exact) mass is 548 g/mol. The number of hydrogen-bond acceptors (Lipinski definition) is 4. The summed E-state index contributed by atoms with van der Waals surface area (Å²) >= 11 is 0. The maximum absolute atomic E-state index is 14.7. The van der Waals surface area contributed by atoms with Crippen LogP contribution in [0.5, 0.6) is 0 Å². The molecule has 3 aromatic rings. The molecule has 7 nitrogen and oxygen atoms in total. The van der Waals surface area contributed by atoms with Crippen molar-refractivity contribution < 1.29 is 23.2 Å². The molecule has 2 N–H and O–H groups in total. The van der Waals surface area contributed by atoms with Crippen LogP contribution < -0.4 is 10.6 Å². The summed E-state index contributed by atoms with van der Waals surface area (Å²) in [5.74, 6) is -1.66. The Bertz CT molecular complexity index is 1280. The summed E-state index contributed by atoms with van der Waals surface area (Å²) in [5, 5.41) is 5.76. The Morgan fingerprint density at radius 3 is 2.33 bits per heavy atom. The summed E-state index contributed by atoms with van der Waals surface area (Å²) < 4.78 is 28.5. The van der Waals surface area contributed by atoms with E-state index in [1.165, 1.54) is 35.2 Å². The second kappa shape index (κ2) is 14.3. The molecule has 1 fully saturated rings. The molecule has 1 heterocycles. The van der Waals surface area contributed by atoms with Crippen molar-refractivity contribution in [2.45, 2.75) is 70.0 Å². The van der Waals surface area contributed by atoms with Crippen molar-refractivity contribution in [3.63, 3.8) is 0 Å². The van der Waals surface area contributed by atoms with Crippen LogP contribution in [0, 0.1) is 11.6 Å². The minimum absolute atomic E-state index is 0.0232. The second-order valence-electron chi connectivity index (χ2n) is 10.0.